The number of nitrogens with zero attached hydrogens (tertiary/aromatic N) is 4. The molecule has 5 rings (SSSR count). The van der Waals surface area contributed by atoms with Gasteiger partial charge in [-0.2, -0.15) is 4.98 Å². The third-order valence-corrected chi connectivity index (χ3v) is 5.31. The second kappa shape index (κ2) is 7.73. The summed E-state index contributed by atoms with van der Waals surface area (Å²) < 4.78 is 12.1. The van der Waals surface area contributed by atoms with Crippen molar-refractivity contribution in [3.63, 3.8) is 0 Å². The maximum atomic E-state index is 11.4. The number of furan rings is 1. The summed E-state index contributed by atoms with van der Waals surface area (Å²) in [7, 11) is 0. The molecule has 0 saturated heterocycles. The number of benzene rings is 2. The first-order valence-corrected chi connectivity index (χ1v) is 10.5. The molecule has 1 atom stereocenters. The molecule has 1 N–H and O–H groups in total. The summed E-state index contributed by atoms with van der Waals surface area (Å²) in [6, 6.07) is 17.4. The Labute approximate surface area is 180 Å². The molecule has 4 aromatic rings. The van der Waals surface area contributed by atoms with Crippen LogP contribution in [0.5, 0.6) is 5.88 Å². The molecule has 0 fully saturated rings. The molecule has 154 valence electrons. The Morgan fingerprint density at radius 3 is 2.61 bits per heavy atom. The number of nitro benzene ring substituents is 1. The molecule has 3 heterocycles. The van der Waals surface area contributed by atoms with Crippen molar-refractivity contribution in [2.24, 2.45) is 0 Å². The van der Waals surface area contributed by atoms with Crippen molar-refractivity contribution >= 4 is 23.1 Å². The fourth-order valence-corrected chi connectivity index (χ4v) is 3.64. The third-order valence-electron chi connectivity index (χ3n) is 4.77. The number of rotatable bonds is 4. The van der Waals surface area contributed by atoms with Gasteiger partial charge in [0.15, 0.2) is 11.5 Å². The number of hydrogen-bond acceptors (Lipinski definition) is 9. The molecular formula is C21H15N5O4S. The van der Waals surface area contributed by atoms with Gasteiger partial charge in [-0.05, 0) is 30.5 Å². The molecule has 0 radical (unpaired) electrons. The lowest BCUT2D eigenvalue weighted by atomic mass is 10.1. The van der Waals surface area contributed by atoms with E-state index < -0.39 is 11.2 Å². The molecule has 0 amide bonds. The van der Waals surface area contributed by atoms with E-state index in [0.717, 1.165) is 11.3 Å². The molecule has 0 saturated carbocycles. The molecule has 1 aliphatic heterocycles. The minimum Gasteiger partial charge on any atom is -0.455 e. The Bertz CT molecular complexity index is 1290. The molecule has 0 spiro atoms. The highest BCUT2D eigenvalue weighted by Gasteiger charge is 2.28. The highest BCUT2D eigenvalue weighted by molar-refractivity contribution is 7.98. The summed E-state index contributed by atoms with van der Waals surface area (Å²) in [5.41, 5.74) is 2.46. The van der Waals surface area contributed by atoms with Gasteiger partial charge in [0, 0.05) is 17.3 Å². The first-order chi connectivity index (χ1) is 15.1. The zero-order valence-corrected chi connectivity index (χ0v) is 17.0. The molecular weight excluding hydrogens is 418 g/mol. The number of hydrogen-bond donors (Lipinski definition) is 1. The summed E-state index contributed by atoms with van der Waals surface area (Å²) in [6.07, 6.45) is 1.14. The van der Waals surface area contributed by atoms with Crippen LogP contribution in [0.4, 0.5) is 11.4 Å². The summed E-state index contributed by atoms with van der Waals surface area (Å²) >= 11 is 1.36. The van der Waals surface area contributed by atoms with Crippen LogP contribution < -0.4 is 10.1 Å². The topological polar surface area (TPSA) is 116 Å². The second-order valence-electron chi connectivity index (χ2n) is 6.62. The van der Waals surface area contributed by atoms with Gasteiger partial charge < -0.3 is 14.5 Å². The van der Waals surface area contributed by atoms with Gasteiger partial charge in [0.1, 0.15) is 5.76 Å². The van der Waals surface area contributed by atoms with Crippen molar-refractivity contribution in [1.82, 2.24) is 15.2 Å². The number of nitrogens with one attached hydrogen (secondary N) is 1. The number of anilines is 1. The van der Waals surface area contributed by atoms with E-state index in [0.29, 0.717) is 33.8 Å². The molecule has 1 aliphatic rings. The number of para-hydroxylation sites is 2. The summed E-state index contributed by atoms with van der Waals surface area (Å²) in [5, 5.41) is 23.6. The number of ether oxygens (including phenoxy) is 1. The maximum absolute atomic E-state index is 11.4. The summed E-state index contributed by atoms with van der Waals surface area (Å²) in [4.78, 5) is 15.4. The van der Waals surface area contributed by atoms with Crippen LogP contribution in [0.2, 0.25) is 0 Å². The van der Waals surface area contributed by atoms with Crippen LogP contribution in [0.15, 0.2) is 70.2 Å². The quantitative estimate of drug-likeness (QED) is 0.271. The van der Waals surface area contributed by atoms with Gasteiger partial charge in [-0.1, -0.05) is 42.1 Å². The number of thioether (sulfide) groups is 1. The molecule has 9 nitrogen and oxygen atoms in total. The Balaban J connectivity index is 1.57. The Kier molecular flexibility index (Phi) is 4.75. The van der Waals surface area contributed by atoms with Crippen LogP contribution in [-0.4, -0.2) is 26.4 Å². The average Bonchev–Trinajstić information content (AvgIpc) is 3.23. The van der Waals surface area contributed by atoms with Crippen molar-refractivity contribution in [2.45, 2.75) is 11.4 Å². The number of aromatic nitrogens is 3. The van der Waals surface area contributed by atoms with E-state index in [1.165, 1.54) is 17.8 Å². The van der Waals surface area contributed by atoms with Crippen molar-refractivity contribution in [3.05, 3.63) is 76.5 Å². The standard InChI is InChI=1S/C21H15N5O4S/c1-31-21-23-20-18(24-25-21)12-6-2-4-8-14(12)22-19(30-20)17-11-10-16(29-17)13-7-3-5-9-15(13)26(27)28/h2-11,19,22H,1H3/t19-/m1/s1. The monoisotopic (exact) mass is 433 g/mol. The van der Waals surface area contributed by atoms with Crippen molar-refractivity contribution < 1.29 is 14.1 Å². The van der Waals surface area contributed by atoms with E-state index in [9.17, 15) is 10.1 Å². The van der Waals surface area contributed by atoms with Gasteiger partial charge in [0.25, 0.3) is 5.69 Å². The molecule has 2 aromatic carbocycles. The highest BCUT2D eigenvalue weighted by atomic mass is 32.2. The first kappa shape index (κ1) is 19.1. The van der Waals surface area contributed by atoms with Gasteiger partial charge in [-0.25, -0.2) is 0 Å². The smallest absolute Gasteiger partial charge is 0.280 e. The second-order valence-corrected chi connectivity index (χ2v) is 7.39. The van der Waals surface area contributed by atoms with Crippen LogP contribution in [0.25, 0.3) is 22.6 Å². The van der Waals surface area contributed by atoms with Gasteiger partial charge >= 0.3 is 0 Å². The Morgan fingerprint density at radius 2 is 1.81 bits per heavy atom. The van der Waals surface area contributed by atoms with Crippen molar-refractivity contribution in [3.8, 4) is 28.5 Å². The van der Waals surface area contributed by atoms with Crippen molar-refractivity contribution in [2.75, 3.05) is 11.6 Å². The summed E-state index contributed by atoms with van der Waals surface area (Å²) in [5.74, 6) is 1.14. The van der Waals surface area contributed by atoms with Crippen LogP contribution in [-0.2, 0) is 0 Å². The summed E-state index contributed by atoms with van der Waals surface area (Å²) in [6.45, 7) is 0. The Hall–Kier alpha value is -3.92. The Morgan fingerprint density at radius 1 is 1.03 bits per heavy atom. The van der Waals surface area contributed by atoms with E-state index in [1.54, 1.807) is 30.3 Å². The van der Waals surface area contributed by atoms with Crippen LogP contribution in [0, 0.1) is 10.1 Å². The molecule has 10 heteroatoms. The van der Waals surface area contributed by atoms with E-state index in [2.05, 4.69) is 20.5 Å². The number of nitro groups is 1. The minimum absolute atomic E-state index is 0.0320. The largest absolute Gasteiger partial charge is 0.455 e. The zero-order chi connectivity index (χ0) is 21.4. The van der Waals surface area contributed by atoms with Crippen molar-refractivity contribution in [1.29, 1.82) is 0 Å². The first-order valence-electron chi connectivity index (χ1n) is 9.29. The zero-order valence-electron chi connectivity index (χ0n) is 16.2. The lowest BCUT2D eigenvalue weighted by Crippen LogP contribution is -2.16. The average molecular weight is 433 g/mol. The van der Waals surface area contributed by atoms with Crippen LogP contribution in [0.3, 0.4) is 0 Å². The maximum Gasteiger partial charge on any atom is 0.280 e. The van der Waals surface area contributed by atoms with Gasteiger partial charge in [-0.15, -0.1) is 10.2 Å². The molecule has 31 heavy (non-hydrogen) atoms. The van der Waals surface area contributed by atoms with Gasteiger partial charge in [-0.3, -0.25) is 10.1 Å². The lowest BCUT2D eigenvalue weighted by Gasteiger charge is -2.16. The predicted octanol–water partition coefficient (Wildman–Crippen LogP) is 4.93. The van der Waals surface area contributed by atoms with Crippen LogP contribution in [0.1, 0.15) is 12.0 Å². The van der Waals surface area contributed by atoms with Gasteiger partial charge in [0.05, 0.1) is 10.5 Å². The SMILES string of the molecule is CSc1nnc2c(n1)O[C@H](c1ccc(-c3ccccc3[N+](=O)[O-])o1)Nc1ccccc1-2. The molecule has 2 aromatic heterocycles. The molecule has 0 unspecified atom stereocenters. The third kappa shape index (κ3) is 3.46. The van der Waals surface area contributed by atoms with Gasteiger partial charge in [0.2, 0.25) is 17.3 Å². The van der Waals surface area contributed by atoms with Crippen LogP contribution >= 0.6 is 11.8 Å². The minimum atomic E-state index is -0.717. The molecule has 0 bridgehead atoms. The fraction of sp³-hybridized carbons (Fsp3) is 0.0952. The highest BCUT2D eigenvalue weighted by Crippen LogP contribution is 2.40. The van der Waals surface area contributed by atoms with E-state index >= 15 is 0 Å². The fourth-order valence-electron chi connectivity index (χ4n) is 3.34. The van der Waals surface area contributed by atoms with E-state index in [4.69, 9.17) is 9.15 Å². The normalized spacial score (nSPS) is 14.5. The number of fused-ring (bicyclic) bond motifs is 3. The molecule has 0 aliphatic carbocycles. The van der Waals surface area contributed by atoms with E-state index in [1.807, 2.05) is 30.5 Å². The lowest BCUT2D eigenvalue weighted by molar-refractivity contribution is -0.384. The van der Waals surface area contributed by atoms with E-state index in [-0.39, 0.29) is 5.69 Å². The predicted molar refractivity (Wildman–Crippen MR) is 115 cm³/mol.